The maximum atomic E-state index is 9.27. The minimum atomic E-state index is -0.229. The van der Waals surface area contributed by atoms with Crippen molar-refractivity contribution < 1.29 is 5.11 Å². The molecule has 3 rings (SSSR count). The fourth-order valence-electron chi connectivity index (χ4n) is 3.00. The lowest BCUT2D eigenvalue weighted by atomic mass is 10.1. The first-order valence-corrected chi connectivity index (χ1v) is 9.99. The number of hydrogen-bond acceptors (Lipinski definition) is 4. The Morgan fingerprint density at radius 3 is 2.34 bits per heavy atom. The van der Waals surface area contributed by atoms with Crippen molar-refractivity contribution >= 4 is 6.08 Å². The van der Waals surface area contributed by atoms with E-state index in [1.54, 1.807) is 0 Å². The van der Waals surface area contributed by atoms with Crippen molar-refractivity contribution in [3.63, 3.8) is 0 Å². The van der Waals surface area contributed by atoms with E-state index in [-0.39, 0.29) is 6.10 Å². The second-order valence-electron chi connectivity index (χ2n) is 7.14. The molecule has 1 N–H and O–H groups in total. The van der Waals surface area contributed by atoms with Crippen molar-refractivity contribution in [1.82, 2.24) is 15.0 Å². The molecule has 1 atom stereocenters. The third kappa shape index (κ3) is 6.19. The highest BCUT2D eigenvalue weighted by molar-refractivity contribution is 5.63. The van der Waals surface area contributed by atoms with E-state index in [1.807, 2.05) is 43.7 Å². The van der Waals surface area contributed by atoms with Gasteiger partial charge in [0, 0.05) is 24.2 Å². The fraction of sp³-hybridized carbons (Fsp3) is 0.240. The molecule has 1 aromatic carbocycles. The number of rotatable bonds is 9. The van der Waals surface area contributed by atoms with Gasteiger partial charge in [-0.05, 0) is 55.4 Å². The molecule has 4 nitrogen and oxygen atoms in total. The van der Waals surface area contributed by atoms with E-state index in [2.05, 4.69) is 57.9 Å². The van der Waals surface area contributed by atoms with E-state index in [4.69, 9.17) is 0 Å². The molecular formula is C25H27N3O. The molecule has 2 aromatic heterocycles. The predicted octanol–water partition coefficient (Wildman–Crippen LogP) is 5.50. The number of nitrogens with zero attached hydrogens (tertiary/aromatic N) is 3. The molecule has 29 heavy (non-hydrogen) atoms. The molecule has 0 saturated carbocycles. The number of benzene rings is 1. The topological polar surface area (TPSA) is 58.9 Å². The number of allylic oxidation sites excluding steroid dienone is 2. The smallest absolute Gasteiger partial charge is 0.178 e. The van der Waals surface area contributed by atoms with Gasteiger partial charge < -0.3 is 5.11 Å². The first-order valence-electron chi connectivity index (χ1n) is 9.99. The fourth-order valence-corrected chi connectivity index (χ4v) is 3.00. The summed E-state index contributed by atoms with van der Waals surface area (Å²) >= 11 is 0. The van der Waals surface area contributed by atoms with Crippen LogP contribution < -0.4 is 0 Å². The van der Waals surface area contributed by atoms with E-state index in [0.29, 0.717) is 5.82 Å². The van der Waals surface area contributed by atoms with Crippen LogP contribution in [0.3, 0.4) is 0 Å². The summed E-state index contributed by atoms with van der Waals surface area (Å²) in [6.07, 6.45) is 15.0. The molecule has 0 aliphatic heterocycles. The van der Waals surface area contributed by atoms with Gasteiger partial charge >= 0.3 is 0 Å². The summed E-state index contributed by atoms with van der Waals surface area (Å²) in [4.78, 5) is 13.5. The van der Waals surface area contributed by atoms with Gasteiger partial charge in [0.1, 0.15) is 5.69 Å². The second kappa shape index (κ2) is 10.4. The maximum Gasteiger partial charge on any atom is 0.178 e. The molecule has 0 aliphatic rings. The molecule has 0 fully saturated rings. The van der Waals surface area contributed by atoms with Crippen LogP contribution in [0.25, 0.3) is 28.7 Å². The molecule has 1 unspecified atom stereocenters. The average Bonchev–Trinajstić information content (AvgIpc) is 2.75. The van der Waals surface area contributed by atoms with E-state index in [0.717, 1.165) is 48.1 Å². The van der Waals surface area contributed by atoms with Crippen LogP contribution in [0.1, 0.15) is 37.3 Å². The third-order valence-electron chi connectivity index (χ3n) is 4.64. The van der Waals surface area contributed by atoms with Crippen LogP contribution in [-0.4, -0.2) is 26.2 Å². The Kier molecular flexibility index (Phi) is 7.42. The SMILES string of the molecule is C=CCc1ccc(-c2cnc(-c3ccc(C=CCCCC(C)O)cn3)nc2)cc1. The van der Waals surface area contributed by atoms with Crippen LogP contribution in [-0.2, 0) is 6.42 Å². The van der Waals surface area contributed by atoms with Gasteiger partial charge in [-0.1, -0.05) is 48.6 Å². The van der Waals surface area contributed by atoms with Gasteiger partial charge in [0.2, 0.25) is 0 Å². The van der Waals surface area contributed by atoms with E-state index >= 15 is 0 Å². The van der Waals surface area contributed by atoms with Crippen LogP contribution in [0.5, 0.6) is 0 Å². The summed E-state index contributed by atoms with van der Waals surface area (Å²) in [5.41, 5.74) is 5.11. The van der Waals surface area contributed by atoms with Crippen LogP contribution in [0.2, 0.25) is 0 Å². The van der Waals surface area contributed by atoms with Crippen molar-refractivity contribution in [2.24, 2.45) is 0 Å². The summed E-state index contributed by atoms with van der Waals surface area (Å²) in [7, 11) is 0. The molecule has 0 radical (unpaired) electrons. The van der Waals surface area contributed by atoms with Crippen molar-refractivity contribution in [2.45, 2.75) is 38.7 Å². The van der Waals surface area contributed by atoms with E-state index in [9.17, 15) is 5.11 Å². The van der Waals surface area contributed by atoms with E-state index < -0.39 is 0 Å². The molecule has 2 heterocycles. The largest absolute Gasteiger partial charge is 0.393 e. The molecule has 4 heteroatoms. The minimum Gasteiger partial charge on any atom is -0.393 e. The number of aliphatic hydroxyl groups is 1. The predicted molar refractivity (Wildman–Crippen MR) is 119 cm³/mol. The Morgan fingerprint density at radius 1 is 0.966 bits per heavy atom. The number of aliphatic hydroxyl groups excluding tert-OH is 1. The van der Waals surface area contributed by atoms with Crippen molar-refractivity contribution in [3.05, 3.63) is 84.8 Å². The van der Waals surface area contributed by atoms with Crippen molar-refractivity contribution in [2.75, 3.05) is 0 Å². The summed E-state index contributed by atoms with van der Waals surface area (Å²) in [6, 6.07) is 12.3. The number of aromatic nitrogens is 3. The summed E-state index contributed by atoms with van der Waals surface area (Å²) < 4.78 is 0. The third-order valence-corrected chi connectivity index (χ3v) is 4.64. The highest BCUT2D eigenvalue weighted by Gasteiger charge is 2.05. The molecule has 3 aromatic rings. The number of pyridine rings is 1. The normalized spacial score (nSPS) is 12.2. The van der Waals surface area contributed by atoms with Crippen LogP contribution in [0, 0.1) is 0 Å². The quantitative estimate of drug-likeness (QED) is 0.390. The number of unbranched alkanes of at least 4 members (excludes halogenated alkanes) is 1. The first kappa shape index (κ1) is 20.6. The Balaban J connectivity index is 1.62. The standard InChI is InChI=1S/C25H27N3O/c1-3-7-20-10-13-22(14-11-20)23-17-27-25(28-18-23)24-15-12-21(16-26-24)9-6-4-5-8-19(2)29/h3,6,9-19,29H,1,4-5,7-8H2,2H3. The van der Waals surface area contributed by atoms with Gasteiger partial charge in [-0.25, -0.2) is 9.97 Å². The van der Waals surface area contributed by atoms with Gasteiger partial charge in [-0.3, -0.25) is 4.98 Å². The maximum absolute atomic E-state index is 9.27. The Morgan fingerprint density at radius 2 is 1.72 bits per heavy atom. The van der Waals surface area contributed by atoms with Gasteiger partial charge in [-0.15, -0.1) is 6.58 Å². The van der Waals surface area contributed by atoms with E-state index in [1.165, 1.54) is 5.56 Å². The first-order chi connectivity index (χ1) is 14.2. The Bertz CT molecular complexity index is 927. The highest BCUT2D eigenvalue weighted by atomic mass is 16.3. The van der Waals surface area contributed by atoms with Crippen LogP contribution >= 0.6 is 0 Å². The molecule has 0 spiro atoms. The van der Waals surface area contributed by atoms with Gasteiger partial charge in [-0.2, -0.15) is 0 Å². The minimum absolute atomic E-state index is 0.229. The van der Waals surface area contributed by atoms with Crippen molar-refractivity contribution in [3.8, 4) is 22.6 Å². The molecular weight excluding hydrogens is 358 g/mol. The molecule has 0 saturated heterocycles. The lowest BCUT2D eigenvalue weighted by Crippen LogP contribution is -1.97. The zero-order valence-electron chi connectivity index (χ0n) is 16.8. The monoisotopic (exact) mass is 385 g/mol. The molecule has 0 amide bonds. The number of hydrogen-bond donors (Lipinski definition) is 1. The lowest BCUT2D eigenvalue weighted by Gasteiger charge is -2.04. The lowest BCUT2D eigenvalue weighted by molar-refractivity contribution is 0.182. The molecule has 148 valence electrons. The Hall–Kier alpha value is -3.11. The Labute approximate surface area is 172 Å². The summed E-state index contributed by atoms with van der Waals surface area (Å²) in [5, 5.41) is 9.27. The zero-order chi connectivity index (χ0) is 20.5. The van der Waals surface area contributed by atoms with Gasteiger partial charge in [0.05, 0.1) is 6.10 Å². The average molecular weight is 386 g/mol. The molecule has 0 bridgehead atoms. The van der Waals surface area contributed by atoms with Gasteiger partial charge in [0.15, 0.2) is 5.82 Å². The van der Waals surface area contributed by atoms with Crippen molar-refractivity contribution in [1.29, 1.82) is 0 Å². The summed E-state index contributed by atoms with van der Waals surface area (Å²) in [6.45, 7) is 5.59. The summed E-state index contributed by atoms with van der Waals surface area (Å²) in [5.74, 6) is 0.615. The highest BCUT2D eigenvalue weighted by Crippen LogP contribution is 2.20. The van der Waals surface area contributed by atoms with Crippen LogP contribution in [0.15, 0.2) is 73.7 Å². The zero-order valence-corrected chi connectivity index (χ0v) is 16.8. The molecule has 0 aliphatic carbocycles. The second-order valence-corrected chi connectivity index (χ2v) is 7.14. The van der Waals surface area contributed by atoms with Gasteiger partial charge in [0.25, 0.3) is 0 Å². The van der Waals surface area contributed by atoms with Crippen LogP contribution in [0.4, 0.5) is 0 Å².